The van der Waals surface area contributed by atoms with Crippen LogP contribution in [0.1, 0.15) is 27.5 Å². The highest BCUT2D eigenvalue weighted by atomic mass is 16.5. The zero-order valence-corrected chi connectivity index (χ0v) is 18.4. The number of carbonyl (C=O) groups excluding carboxylic acids is 1. The van der Waals surface area contributed by atoms with Gasteiger partial charge in [0.25, 0.3) is 5.91 Å². The predicted molar refractivity (Wildman–Crippen MR) is 124 cm³/mol. The van der Waals surface area contributed by atoms with Crippen molar-refractivity contribution in [1.82, 2.24) is 15.6 Å². The second kappa shape index (κ2) is 10.2. The minimum Gasteiger partial charge on any atom is -0.497 e. The van der Waals surface area contributed by atoms with E-state index in [9.17, 15) is 4.79 Å². The molecule has 7 nitrogen and oxygen atoms in total. The fourth-order valence-electron chi connectivity index (χ4n) is 3.87. The Labute approximate surface area is 188 Å². The van der Waals surface area contributed by atoms with E-state index in [1.807, 2.05) is 24.3 Å². The van der Waals surface area contributed by atoms with Gasteiger partial charge in [-0.25, -0.2) is 4.98 Å². The Morgan fingerprint density at radius 1 is 1.12 bits per heavy atom. The van der Waals surface area contributed by atoms with Gasteiger partial charge in [-0.3, -0.25) is 4.79 Å². The Hall–Kier alpha value is -3.58. The van der Waals surface area contributed by atoms with E-state index in [0.29, 0.717) is 23.6 Å². The lowest BCUT2D eigenvalue weighted by Crippen LogP contribution is -2.46. The number of amides is 1. The van der Waals surface area contributed by atoms with Gasteiger partial charge in [-0.15, -0.1) is 0 Å². The van der Waals surface area contributed by atoms with Gasteiger partial charge in [0.2, 0.25) is 0 Å². The highest BCUT2D eigenvalue weighted by molar-refractivity contribution is 5.94. The number of carbonyl (C=O) groups is 1. The maximum atomic E-state index is 12.8. The number of pyridine rings is 1. The number of nitrogens with one attached hydrogen (secondary N) is 2. The second-order valence-corrected chi connectivity index (χ2v) is 7.63. The van der Waals surface area contributed by atoms with Crippen LogP contribution in [-0.2, 0) is 6.54 Å². The smallest absolute Gasteiger partial charge is 0.251 e. The van der Waals surface area contributed by atoms with Crippen LogP contribution in [0, 0.1) is 0 Å². The number of aromatic nitrogens is 1. The molecule has 1 aromatic heterocycles. The van der Waals surface area contributed by atoms with E-state index in [-0.39, 0.29) is 11.9 Å². The van der Waals surface area contributed by atoms with E-state index in [1.54, 1.807) is 32.5 Å². The molecule has 1 aliphatic heterocycles. The minimum absolute atomic E-state index is 0.152. The Morgan fingerprint density at radius 3 is 2.75 bits per heavy atom. The summed E-state index contributed by atoms with van der Waals surface area (Å²) in [7, 11) is 3.21. The maximum Gasteiger partial charge on any atom is 0.251 e. The highest BCUT2D eigenvalue weighted by Gasteiger charge is 2.22. The largest absolute Gasteiger partial charge is 0.497 e. The van der Waals surface area contributed by atoms with Gasteiger partial charge in [0, 0.05) is 55.6 Å². The molecule has 1 amide bonds. The van der Waals surface area contributed by atoms with Gasteiger partial charge in [0.1, 0.15) is 17.3 Å². The third kappa shape index (κ3) is 5.00. The van der Waals surface area contributed by atoms with Crippen LogP contribution >= 0.6 is 0 Å². The van der Waals surface area contributed by atoms with Crippen LogP contribution in [0.3, 0.4) is 0 Å². The van der Waals surface area contributed by atoms with Crippen molar-refractivity contribution in [3.05, 3.63) is 83.6 Å². The zero-order valence-electron chi connectivity index (χ0n) is 18.4. The van der Waals surface area contributed by atoms with Gasteiger partial charge >= 0.3 is 0 Å². The van der Waals surface area contributed by atoms with E-state index in [1.165, 1.54) is 5.56 Å². The first-order chi connectivity index (χ1) is 15.7. The summed E-state index contributed by atoms with van der Waals surface area (Å²) in [4.78, 5) is 19.6. The van der Waals surface area contributed by atoms with Gasteiger partial charge in [0.05, 0.1) is 14.2 Å². The Morgan fingerprint density at radius 2 is 1.97 bits per heavy atom. The SMILES string of the molecule is COc1ccc(CNC(=O)c2ccnc(N3CCN[C@H](c4ccccc4)C3)c2)c(OC)c1. The summed E-state index contributed by atoms with van der Waals surface area (Å²) >= 11 is 0. The predicted octanol–water partition coefficient (Wildman–Crippen LogP) is 3.18. The molecule has 32 heavy (non-hydrogen) atoms. The van der Waals surface area contributed by atoms with Crippen LogP contribution in [0.5, 0.6) is 11.5 Å². The van der Waals surface area contributed by atoms with Crippen LogP contribution in [0.25, 0.3) is 0 Å². The molecule has 0 unspecified atom stereocenters. The molecule has 0 saturated carbocycles. The van der Waals surface area contributed by atoms with Gasteiger partial charge in [0.15, 0.2) is 0 Å². The Kier molecular flexibility index (Phi) is 6.87. The number of hydrogen-bond donors (Lipinski definition) is 2. The molecule has 0 radical (unpaired) electrons. The summed E-state index contributed by atoms with van der Waals surface area (Å²) in [6.07, 6.45) is 1.69. The van der Waals surface area contributed by atoms with Crippen molar-refractivity contribution >= 4 is 11.7 Å². The monoisotopic (exact) mass is 432 g/mol. The van der Waals surface area contributed by atoms with E-state index in [2.05, 4.69) is 44.8 Å². The second-order valence-electron chi connectivity index (χ2n) is 7.63. The molecule has 1 aliphatic rings. The number of piperazine rings is 1. The Bertz CT molecular complexity index is 1060. The summed E-state index contributed by atoms with van der Waals surface area (Å²) in [5.41, 5.74) is 2.71. The van der Waals surface area contributed by atoms with Gasteiger partial charge in [-0.1, -0.05) is 30.3 Å². The van der Waals surface area contributed by atoms with E-state index in [0.717, 1.165) is 31.0 Å². The molecule has 3 aromatic rings. The topological polar surface area (TPSA) is 75.7 Å². The van der Waals surface area contributed by atoms with Gasteiger partial charge < -0.3 is 25.0 Å². The number of ether oxygens (including phenoxy) is 2. The first-order valence-electron chi connectivity index (χ1n) is 10.7. The lowest BCUT2D eigenvalue weighted by Gasteiger charge is -2.34. The molecule has 0 aliphatic carbocycles. The van der Waals surface area contributed by atoms with Crippen molar-refractivity contribution in [3.63, 3.8) is 0 Å². The summed E-state index contributed by atoms with van der Waals surface area (Å²) in [5, 5.41) is 6.53. The van der Waals surface area contributed by atoms with Crippen molar-refractivity contribution in [2.75, 3.05) is 38.8 Å². The average Bonchev–Trinajstić information content (AvgIpc) is 2.87. The van der Waals surface area contributed by atoms with Crippen LogP contribution in [0.15, 0.2) is 66.9 Å². The molecule has 1 saturated heterocycles. The third-order valence-corrected chi connectivity index (χ3v) is 5.64. The third-order valence-electron chi connectivity index (χ3n) is 5.64. The molecule has 4 rings (SSSR count). The highest BCUT2D eigenvalue weighted by Crippen LogP contribution is 2.25. The molecule has 2 aromatic carbocycles. The number of nitrogens with zero attached hydrogens (tertiary/aromatic N) is 2. The molecule has 1 atom stereocenters. The first-order valence-corrected chi connectivity index (χ1v) is 10.7. The lowest BCUT2D eigenvalue weighted by atomic mass is 10.0. The van der Waals surface area contributed by atoms with Crippen molar-refractivity contribution in [2.45, 2.75) is 12.6 Å². The fraction of sp³-hybridized carbons (Fsp3) is 0.280. The average molecular weight is 433 g/mol. The number of hydrogen-bond acceptors (Lipinski definition) is 6. The lowest BCUT2D eigenvalue weighted by molar-refractivity contribution is 0.0950. The van der Waals surface area contributed by atoms with Crippen LogP contribution in [0.2, 0.25) is 0 Å². The molecule has 0 spiro atoms. The molecular formula is C25H28N4O3. The number of benzene rings is 2. The normalized spacial score (nSPS) is 15.8. The number of anilines is 1. The molecule has 2 N–H and O–H groups in total. The Balaban J connectivity index is 1.43. The van der Waals surface area contributed by atoms with Gasteiger partial charge in [-0.2, -0.15) is 0 Å². The number of methoxy groups -OCH3 is 2. The van der Waals surface area contributed by atoms with Crippen molar-refractivity contribution < 1.29 is 14.3 Å². The van der Waals surface area contributed by atoms with E-state index in [4.69, 9.17) is 9.47 Å². The fourth-order valence-corrected chi connectivity index (χ4v) is 3.87. The molecule has 7 heteroatoms. The number of rotatable bonds is 7. The maximum absolute atomic E-state index is 12.8. The van der Waals surface area contributed by atoms with Crippen molar-refractivity contribution in [2.24, 2.45) is 0 Å². The molecule has 0 bridgehead atoms. The minimum atomic E-state index is -0.152. The first kappa shape index (κ1) is 21.6. The van der Waals surface area contributed by atoms with E-state index < -0.39 is 0 Å². The van der Waals surface area contributed by atoms with Crippen LogP contribution in [0.4, 0.5) is 5.82 Å². The standard InChI is InChI=1S/C25H28N4O3/c1-31-21-9-8-20(23(15-21)32-2)16-28-25(30)19-10-11-27-24(14-19)29-13-12-26-22(17-29)18-6-4-3-5-7-18/h3-11,14-15,22,26H,12-13,16-17H2,1-2H3,(H,28,30)/t22-/m0/s1. The summed E-state index contributed by atoms with van der Waals surface area (Å²) < 4.78 is 10.6. The molecular weight excluding hydrogens is 404 g/mol. The molecule has 2 heterocycles. The molecule has 166 valence electrons. The van der Waals surface area contributed by atoms with Crippen molar-refractivity contribution in [1.29, 1.82) is 0 Å². The quantitative estimate of drug-likeness (QED) is 0.597. The van der Waals surface area contributed by atoms with Crippen LogP contribution < -0.4 is 25.0 Å². The molecule has 1 fully saturated rings. The summed E-state index contributed by atoms with van der Waals surface area (Å²) in [6, 6.07) is 19.8. The summed E-state index contributed by atoms with van der Waals surface area (Å²) in [6.45, 7) is 2.85. The van der Waals surface area contributed by atoms with Gasteiger partial charge in [-0.05, 0) is 29.8 Å². The van der Waals surface area contributed by atoms with Crippen LogP contribution in [-0.4, -0.2) is 44.7 Å². The van der Waals surface area contributed by atoms with Crippen molar-refractivity contribution in [3.8, 4) is 11.5 Å². The summed E-state index contributed by atoms with van der Waals surface area (Å²) in [5.74, 6) is 2.04. The van der Waals surface area contributed by atoms with E-state index >= 15 is 0 Å². The zero-order chi connectivity index (χ0) is 22.3.